The first kappa shape index (κ1) is 13.2. The first-order valence-corrected chi connectivity index (χ1v) is 6.51. The summed E-state index contributed by atoms with van der Waals surface area (Å²) in [5.41, 5.74) is 0.266. The average Bonchev–Trinajstić information content (AvgIpc) is 2.50. The van der Waals surface area contributed by atoms with Gasteiger partial charge in [0.1, 0.15) is 11.1 Å². The maximum absolute atomic E-state index is 10.0. The molecule has 0 bridgehead atoms. The van der Waals surface area contributed by atoms with Crippen molar-refractivity contribution in [1.82, 2.24) is 4.98 Å². The Morgan fingerprint density at radius 2 is 1.86 bits per heavy atom. The minimum absolute atomic E-state index is 0.0195. The highest BCUT2D eigenvalue weighted by molar-refractivity contribution is 6.33. The highest BCUT2D eigenvalue weighted by Crippen LogP contribution is 2.36. The van der Waals surface area contributed by atoms with Gasteiger partial charge in [0, 0.05) is 6.20 Å². The molecule has 0 aliphatic rings. The second kappa shape index (κ2) is 5.31. The molecule has 0 amide bonds. The van der Waals surface area contributed by atoms with Gasteiger partial charge in [-0.15, -0.1) is 0 Å². The van der Waals surface area contributed by atoms with Gasteiger partial charge in [0.25, 0.3) is 0 Å². The van der Waals surface area contributed by atoms with E-state index in [4.69, 9.17) is 21.6 Å². The highest BCUT2D eigenvalue weighted by Gasteiger charge is 2.12. The van der Waals surface area contributed by atoms with Crippen molar-refractivity contribution in [1.29, 1.82) is 5.26 Å². The lowest BCUT2D eigenvalue weighted by atomic mass is 10.1. The van der Waals surface area contributed by atoms with E-state index in [2.05, 4.69) is 4.98 Å². The normalized spacial score (nSPS) is 10.3. The second-order valence-corrected chi connectivity index (χ2v) is 4.74. The summed E-state index contributed by atoms with van der Waals surface area (Å²) in [6, 6.07) is 14.3. The molecule has 0 radical (unpaired) electrons. The van der Waals surface area contributed by atoms with Crippen LogP contribution in [0.15, 0.2) is 48.7 Å². The third-order valence-electron chi connectivity index (χ3n) is 3.01. The SMILES string of the molecule is N#Cc1ccnc(Oc2cc3ccccc3cc2O)c1Cl. The molecule has 0 unspecified atom stereocenters. The molecule has 0 saturated carbocycles. The fourth-order valence-electron chi connectivity index (χ4n) is 1.98. The Balaban J connectivity index is 2.06. The van der Waals surface area contributed by atoms with Crippen molar-refractivity contribution in [3.05, 3.63) is 59.2 Å². The van der Waals surface area contributed by atoms with Crippen LogP contribution in [0.3, 0.4) is 0 Å². The fourth-order valence-corrected chi connectivity index (χ4v) is 2.17. The number of hydrogen-bond acceptors (Lipinski definition) is 4. The van der Waals surface area contributed by atoms with E-state index in [-0.39, 0.29) is 28.0 Å². The van der Waals surface area contributed by atoms with Gasteiger partial charge < -0.3 is 9.84 Å². The van der Waals surface area contributed by atoms with Gasteiger partial charge in [-0.05, 0) is 29.0 Å². The Bertz CT molecular complexity index is 872. The Morgan fingerprint density at radius 3 is 2.57 bits per heavy atom. The van der Waals surface area contributed by atoms with Crippen molar-refractivity contribution < 1.29 is 9.84 Å². The summed E-state index contributed by atoms with van der Waals surface area (Å²) in [5, 5.41) is 20.9. The zero-order chi connectivity index (χ0) is 14.8. The van der Waals surface area contributed by atoms with Crippen LogP contribution < -0.4 is 4.74 Å². The van der Waals surface area contributed by atoms with E-state index in [1.165, 1.54) is 12.3 Å². The molecule has 0 atom stereocenters. The predicted molar refractivity (Wildman–Crippen MR) is 79.6 cm³/mol. The highest BCUT2D eigenvalue weighted by atomic mass is 35.5. The number of aromatic hydroxyl groups is 1. The first-order valence-electron chi connectivity index (χ1n) is 6.13. The van der Waals surface area contributed by atoms with Crippen molar-refractivity contribution in [3.63, 3.8) is 0 Å². The number of rotatable bonds is 2. The zero-order valence-corrected chi connectivity index (χ0v) is 11.5. The molecule has 0 saturated heterocycles. The van der Waals surface area contributed by atoms with Crippen molar-refractivity contribution in [3.8, 4) is 23.4 Å². The van der Waals surface area contributed by atoms with Crippen molar-refractivity contribution in [2.45, 2.75) is 0 Å². The van der Waals surface area contributed by atoms with E-state index in [0.29, 0.717) is 0 Å². The number of hydrogen-bond donors (Lipinski definition) is 1. The predicted octanol–water partition coefficient (Wildman–Crippen LogP) is 4.26. The number of ether oxygens (including phenoxy) is 1. The lowest BCUT2D eigenvalue weighted by Crippen LogP contribution is -1.91. The number of aromatic nitrogens is 1. The number of nitriles is 1. The van der Waals surface area contributed by atoms with Crippen LogP contribution in [-0.4, -0.2) is 10.1 Å². The lowest BCUT2D eigenvalue weighted by Gasteiger charge is -2.10. The van der Waals surface area contributed by atoms with Crippen LogP contribution in [0.2, 0.25) is 5.02 Å². The molecule has 1 aromatic heterocycles. The molecule has 2 aromatic carbocycles. The second-order valence-electron chi connectivity index (χ2n) is 4.36. The largest absolute Gasteiger partial charge is 0.504 e. The first-order chi connectivity index (χ1) is 10.2. The number of phenolic OH excluding ortho intramolecular Hbond substituents is 1. The molecular formula is C16H9ClN2O2. The minimum Gasteiger partial charge on any atom is -0.504 e. The average molecular weight is 297 g/mol. The number of pyridine rings is 1. The van der Waals surface area contributed by atoms with Crippen molar-refractivity contribution in [2.75, 3.05) is 0 Å². The fraction of sp³-hybridized carbons (Fsp3) is 0. The van der Waals surface area contributed by atoms with E-state index >= 15 is 0 Å². The third-order valence-corrected chi connectivity index (χ3v) is 3.38. The molecule has 0 fully saturated rings. The number of halogens is 1. The topological polar surface area (TPSA) is 66.1 Å². The molecule has 21 heavy (non-hydrogen) atoms. The Morgan fingerprint density at radius 1 is 1.14 bits per heavy atom. The number of fused-ring (bicyclic) bond motifs is 1. The van der Waals surface area contributed by atoms with Crippen LogP contribution in [0, 0.1) is 11.3 Å². The Kier molecular flexibility index (Phi) is 3.35. The van der Waals surface area contributed by atoms with Crippen LogP contribution >= 0.6 is 11.6 Å². The van der Waals surface area contributed by atoms with Crippen LogP contribution in [0.4, 0.5) is 0 Å². The molecule has 0 spiro atoms. The van der Waals surface area contributed by atoms with Crippen LogP contribution in [-0.2, 0) is 0 Å². The standard InChI is InChI=1S/C16H9ClN2O2/c17-15-12(9-18)5-6-19-16(15)21-14-8-11-4-2-1-3-10(11)7-13(14)20/h1-8,20H. The lowest BCUT2D eigenvalue weighted by molar-refractivity contribution is 0.404. The maximum atomic E-state index is 10.0. The summed E-state index contributed by atoms with van der Waals surface area (Å²) in [5.74, 6) is 0.299. The Labute approximate surface area is 125 Å². The molecule has 1 N–H and O–H groups in total. The molecule has 102 valence electrons. The summed E-state index contributed by atoms with van der Waals surface area (Å²) in [7, 11) is 0. The molecule has 3 rings (SSSR count). The summed E-state index contributed by atoms with van der Waals surface area (Å²) in [4.78, 5) is 3.99. The maximum Gasteiger partial charge on any atom is 0.239 e. The summed E-state index contributed by atoms with van der Waals surface area (Å²) < 4.78 is 5.55. The summed E-state index contributed by atoms with van der Waals surface area (Å²) in [6.07, 6.45) is 1.43. The van der Waals surface area contributed by atoms with Crippen LogP contribution in [0.25, 0.3) is 10.8 Å². The van der Waals surface area contributed by atoms with Crippen molar-refractivity contribution in [2.24, 2.45) is 0 Å². The summed E-state index contributed by atoms with van der Waals surface area (Å²) in [6.45, 7) is 0. The molecule has 0 aliphatic carbocycles. The van der Waals surface area contributed by atoms with Crippen LogP contribution in [0.5, 0.6) is 17.4 Å². The molecule has 5 heteroatoms. The smallest absolute Gasteiger partial charge is 0.239 e. The summed E-state index contributed by atoms with van der Waals surface area (Å²) >= 11 is 6.04. The minimum atomic E-state index is -0.0195. The van der Waals surface area contributed by atoms with Crippen LogP contribution in [0.1, 0.15) is 5.56 Å². The number of nitrogens with zero attached hydrogens (tertiary/aromatic N) is 2. The van der Waals surface area contributed by atoms with Gasteiger partial charge in [0.2, 0.25) is 5.88 Å². The monoisotopic (exact) mass is 296 g/mol. The van der Waals surface area contributed by atoms with Gasteiger partial charge in [-0.2, -0.15) is 5.26 Å². The molecule has 0 aliphatic heterocycles. The zero-order valence-electron chi connectivity index (χ0n) is 10.7. The molecule has 4 nitrogen and oxygen atoms in total. The van der Waals surface area contributed by atoms with E-state index in [1.54, 1.807) is 12.1 Å². The van der Waals surface area contributed by atoms with E-state index in [1.807, 2.05) is 30.3 Å². The van der Waals surface area contributed by atoms with E-state index < -0.39 is 0 Å². The molecule has 1 heterocycles. The third kappa shape index (κ3) is 2.47. The number of phenols is 1. The van der Waals surface area contributed by atoms with Gasteiger partial charge in [0.15, 0.2) is 11.5 Å². The quantitative estimate of drug-likeness (QED) is 0.767. The van der Waals surface area contributed by atoms with E-state index in [0.717, 1.165) is 10.8 Å². The molecular weight excluding hydrogens is 288 g/mol. The number of benzene rings is 2. The van der Waals surface area contributed by atoms with E-state index in [9.17, 15) is 5.11 Å². The van der Waals surface area contributed by atoms with Gasteiger partial charge in [0.05, 0.1) is 5.56 Å². The Hall–Kier alpha value is -2.77. The van der Waals surface area contributed by atoms with Gasteiger partial charge in [-0.3, -0.25) is 0 Å². The van der Waals surface area contributed by atoms with Crippen molar-refractivity contribution >= 4 is 22.4 Å². The van der Waals surface area contributed by atoms with Gasteiger partial charge >= 0.3 is 0 Å². The van der Waals surface area contributed by atoms with Gasteiger partial charge in [-0.25, -0.2) is 4.98 Å². The molecule has 3 aromatic rings. The van der Waals surface area contributed by atoms with Gasteiger partial charge in [-0.1, -0.05) is 35.9 Å².